The number of nitrogens with zero attached hydrogens (tertiary/aromatic N) is 2. The first-order chi connectivity index (χ1) is 18.7. The molecule has 0 radical (unpaired) electrons. The average Bonchev–Trinajstić information content (AvgIpc) is 3.31. The van der Waals surface area contributed by atoms with Crippen LogP contribution in [0.5, 0.6) is 0 Å². The third kappa shape index (κ3) is 5.91. The number of carbonyl (C=O) groups excluding carboxylic acids is 4. The molecule has 0 aliphatic carbocycles. The number of aromatic nitrogens is 1. The standard InChI is InChI=1S/C30H35N5O4S/c1-17-8-10-20(14-21(17)19-9-11-23(18(2)36)32-16-19)33-28(39)34-25-22(15-24(40-25)29(3,4)5)26(37)35-13-12-31-27(38)30(35,6)7/h8-11,14-16H,12-13H2,1-7H3,(H,31,38)(H2,33,34,39). The number of Topliss-reactive ketones (excluding diaryl/α,β-unsaturated/α-hetero) is 1. The van der Waals surface area contributed by atoms with E-state index >= 15 is 0 Å². The maximum Gasteiger partial charge on any atom is 0.324 e. The van der Waals surface area contributed by atoms with Gasteiger partial charge < -0.3 is 15.5 Å². The summed E-state index contributed by atoms with van der Waals surface area (Å²) in [7, 11) is 0. The second-order valence-electron chi connectivity index (χ2n) is 11.5. The highest BCUT2D eigenvalue weighted by molar-refractivity contribution is 7.16. The van der Waals surface area contributed by atoms with Crippen molar-refractivity contribution in [3.8, 4) is 11.1 Å². The number of rotatable bonds is 5. The minimum absolute atomic E-state index is 0.108. The van der Waals surface area contributed by atoms with Gasteiger partial charge in [-0.25, -0.2) is 4.79 Å². The third-order valence-electron chi connectivity index (χ3n) is 6.96. The van der Waals surface area contributed by atoms with Crippen molar-refractivity contribution in [3.63, 3.8) is 0 Å². The largest absolute Gasteiger partial charge is 0.352 e. The minimum Gasteiger partial charge on any atom is -0.352 e. The van der Waals surface area contributed by atoms with Crippen LogP contribution in [-0.4, -0.2) is 52.1 Å². The number of amides is 4. The molecule has 1 saturated heterocycles. The molecule has 0 spiro atoms. The Labute approximate surface area is 238 Å². The van der Waals surface area contributed by atoms with Crippen molar-refractivity contribution in [2.75, 3.05) is 23.7 Å². The number of pyridine rings is 1. The van der Waals surface area contributed by atoms with Crippen molar-refractivity contribution in [2.45, 2.75) is 59.4 Å². The van der Waals surface area contributed by atoms with Gasteiger partial charge in [0.25, 0.3) is 5.91 Å². The molecule has 3 N–H and O–H groups in total. The van der Waals surface area contributed by atoms with Crippen LogP contribution < -0.4 is 16.0 Å². The highest BCUT2D eigenvalue weighted by Gasteiger charge is 2.42. The summed E-state index contributed by atoms with van der Waals surface area (Å²) in [6.45, 7) is 13.7. The molecule has 0 atom stereocenters. The Morgan fingerprint density at radius 3 is 2.42 bits per heavy atom. The number of piperazine rings is 1. The molecule has 1 fully saturated rings. The zero-order valence-electron chi connectivity index (χ0n) is 23.9. The highest BCUT2D eigenvalue weighted by Crippen LogP contribution is 2.38. The van der Waals surface area contributed by atoms with Crippen LogP contribution in [-0.2, 0) is 10.2 Å². The molecule has 1 aromatic carbocycles. The minimum atomic E-state index is -1.02. The van der Waals surface area contributed by atoms with Gasteiger partial charge in [0.1, 0.15) is 16.2 Å². The van der Waals surface area contributed by atoms with E-state index in [9.17, 15) is 19.2 Å². The SMILES string of the molecule is CC(=O)c1ccc(-c2cc(NC(=O)Nc3sc(C(C)(C)C)cc3C(=O)N3CCNC(=O)C3(C)C)ccc2C)cn1. The number of hydrogen-bond donors (Lipinski definition) is 3. The van der Waals surface area contributed by atoms with Gasteiger partial charge in [-0.15, -0.1) is 11.3 Å². The van der Waals surface area contributed by atoms with E-state index in [1.165, 1.54) is 18.3 Å². The van der Waals surface area contributed by atoms with Gasteiger partial charge in [0, 0.05) is 42.3 Å². The first-order valence-corrected chi connectivity index (χ1v) is 13.9. The Kier molecular flexibility index (Phi) is 7.85. The molecule has 40 heavy (non-hydrogen) atoms. The Balaban J connectivity index is 1.59. The number of urea groups is 1. The smallest absolute Gasteiger partial charge is 0.324 e. The summed E-state index contributed by atoms with van der Waals surface area (Å²) >= 11 is 1.35. The summed E-state index contributed by atoms with van der Waals surface area (Å²) in [5.41, 5.74) is 2.71. The summed E-state index contributed by atoms with van der Waals surface area (Å²) < 4.78 is 0. The van der Waals surface area contributed by atoms with Crippen LogP contribution in [0.4, 0.5) is 15.5 Å². The Bertz CT molecular complexity index is 1480. The second-order valence-corrected chi connectivity index (χ2v) is 12.5. The van der Waals surface area contributed by atoms with Crippen LogP contribution >= 0.6 is 11.3 Å². The molecule has 10 heteroatoms. The van der Waals surface area contributed by atoms with Gasteiger partial charge in [-0.05, 0) is 61.6 Å². The van der Waals surface area contributed by atoms with E-state index in [1.54, 1.807) is 37.1 Å². The maximum atomic E-state index is 13.7. The lowest BCUT2D eigenvalue weighted by Gasteiger charge is -2.41. The molecule has 9 nitrogen and oxygen atoms in total. The highest BCUT2D eigenvalue weighted by atomic mass is 32.1. The van der Waals surface area contributed by atoms with Crippen LogP contribution in [0.15, 0.2) is 42.6 Å². The molecule has 210 valence electrons. The average molecular weight is 562 g/mol. The normalized spacial score (nSPS) is 14.9. The Morgan fingerprint density at radius 1 is 1.07 bits per heavy atom. The first kappa shape index (κ1) is 28.9. The van der Waals surface area contributed by atoms with E-state index in [0.29, 0.717) is 35.0 Å². The zero-order valence-corrected chi connectivity index (χ0v) is 24.7. The van der Waals surface area contributed by atoms with E-state index in [1.807, 2.05) is 52.0 Å². The van der Waals surface area contributed by atoms with Gasteiger partial charge in [-0.2, -0.15) is 0 Å². The fourth-order valence-corrected chi connectivity index (χ4v) is 5.55. The van der Waals surface area contributed by atoms with Crippen molar-refractivity contribution in [1.29, 1.82) is 0 Å². The Morgan fingerprint density at radius 2 is 1.80 bits per heavy atom. The monoisotopic (exact) mass is 561 g/mol. The summed E-state index contributed by atoms with van der Waals surface area (Å²) in [5.74, 6) is -0.628. The van der Waals surface area contributed by atoms with E-state index in [-0.39, 0.29) is 23.0 Å². The van der Waals surface area contributed by atoms with Gasteiger partial charge in [-0.3, -0.25) is 24.7 Å². The molecule has 4 amide bonds. The summed E-state index contributed by atoms with van der Waals surface area (Å²) in [6, 6.07) is 10.4. The number of anilines is 2. The fraction of sp³-hybridized carbons (Fsp3) is 0.367. The van der Waals surface area contributed by atoms with Crippen molar-refractivity contribution in [2.24, 2.45) is 0 Å². The molecule has 2 aromatic heterocycles. The summed E-state index contributed by atoms with van der Waals surface area (Å²) in [5, 5.41) is 8.97. The van der Waals surface area contributed by atoms with Crippen molar-refractivity contribution >= 4 is 45.7 Å². The predicted octanol–water partition coefficient (Wildman–Crippen LogP) is 5.61. The van der Waals surface area contributed by atoms with Crippen molar-refractivity contribution < 1.29 is 19.2 Å². The van der Waals surface area contributed by atoms with Crippen LogP contribution in [0.3, 0.4) is 0 Å². The molecule has 0 bridgehead atoms. The zero-order chi connectivity index (χ0) is 29.4. The first-order valence-electron chi connectivity index (χ1n) is 13.1. The summed E-state index contributed by atoms with van der Waals surface area (Å²) in [6.07, 6.45) is 1.64. The summed E-state index contributed by atoms with van der Waals surface area (Å²) in [4.78, 5) is 57.7. The van der Waals surface area contributed by atoms with E-state index in [4.69, 9.17) is 0 Å². The van der Waals surface area contributed by atoms with E-state index < -0.39 is 11.6 Å². The lowest BCUT2D eigenvalue weighted by Crippen LogP contribution is -2.63. The van der Waals surface area contributed by atoms with Crippen LogP contribution in [0.25, 0.3) is 11.1 Å². The molecule has 0 saturated carbocycles. The van der Waals surface area contributed by atoms with Gasteiger partial charge >= 0.3 is 6.03 Å². The molecular weight excluding hydrogens is 526 g/mol. The van der Waals surface area contributed by atoms with E-state index in [2.05, 4.69) is 20.9 Å². The topological polar surface area (TPSA) is 121 Å². The quantitative estimate of drug-likeness (QED) is 0.350. The second kappa shape index (κ2) is 10.8. The van der Waals surface area contributed by atoms with Gasteiger partial charge in [0.2, 0.25) is 5.91 Å². The number of thiophene rings is 1. The van der Waals surface area contributed by atoms with Crippen LogP contribution in [0.1, 0.15) is 72.8 Å². The molecule has 3 heterocycles. The molecule has 4 rings (SSSR count). The fourth-order valence-electron chi connectivity index (χ4n) is 4.45. The molecule has 1 aliphatic rings. The number of carbonyl (C=O) groups is 4. The van der Waals surface area contributed by atoms with Crippen molar-refractivity contribution in [3.05, 3.63) is 64.3 Å². The predicted molar refractivity (Wildman–Crippen MR) is 158 cm³/mol. The number of benzene rings is 1. The molecule has 3 aromatic rings. The number of ketones is 1. The molecule has 1 aliphatic heterocycles. The van der Waals surface area contributed by atoms with Crippen molar-refractivity contribution in [1.82, 2.24) is 15.2 Å². The lowest BCUT2D eigenvalue weighted by molar-refractivity contribution is -0.133. The maximum absolute atomic E-state index is 13.7. The van der Waals surface area contributed by atoms with Gasteiger partial charge in [0.05, 0.1) is 5.56 Å². The third-order valence-corrected chi connectivity index (χ3v) is 8.43. The molecular formula is C30H35N5O4S. The van der Waals surface area contributed by atoms with E-state index in [0.717, 1.165) is 21.6 Å². The number of hydrogen-bond acceptors (Lipinski definition) is 6. The molecule has 0 unspecified atom stereocenters. The Hall–Kier alpha value is -4.05. The van der Waals surface area contributed by atoms with Gasteiger partial charge in [-0.1, -0.05) is 32.9 Å². The lowest BCUT2D eigenvalue weighted by atomic mass is 9.93. The van der Waals surface area contributed by atoms with Crippen LogP contribution in [0.2, 0.25) is 0 Å². The van der Waals surface area contributed by atoms with Crippen LogP contribution in [0, 0.1) is 6.92 Å². The van der Waals surface area contributed by atoms with Gasteiger partial charge in [0.15, 0.2) is 5.78 Å². The number of aryl methyl sites for hydroxylation is 1. The number of nitrogens with one attached hydrogen (secondary N) is 3.